The summed E-state index contributed by atoms with van der Waals surface area (Å²) in [6, 6.07) is 3.64. The van der Waals surface area contributed by atoms with Crippen LogP contribution in [0.3, 0.4) is 0 Å². The molecule has 2 nitrogen and oxygen atoms in total. The van der Waals surface area contributed by atoms with Crippen molar-refractivity contribution in [1.82, 2.24) is 0 Å². The van der Waals surface area contributed by atoms with E-state index in [1.54, 1.807) is 6.07 Å². The summed E-state index contributed by atoms with van der Waals surface area (Å²) in [5.74, 6) is 1.38. The van der Waals surface area contributed by atoms with Gasteiger partial charge in [0.2, 0.25) is 0 Å². The maximum Gasteiger partial charge on any atom is 0.185 e. The second-order valence-electron chi connectivity index (χ2n) is 4.29. The van der Waals surface area contributed by atoms with E-state index >= 15 is 0 Å². The summed E-state index contributed by atoms with van der Waals surface area (Å²) in [5.41, 5.74) is 0. The number of hydrogen-bond acceptors (Lipinski definition) is 2. The van der Waals surface area contributed by atoms with Crippen LogP contribution in [-0.2, 0) is 6.42 Å². The molecule has 0 bridgehead atoms. The lowest BCUT2D eigenvalue weighted by Crippen LogP contribution is -1.84. The van der Waals surface area contributed by atoms with Crippen molar-refractivity contribution < 1.29 is 9.21 Å². The summed E-state index contributed by atoms with van der Waals surface area (Å²) < 4.78 is 5.31. The van der Waals surface area contributed by atoms with E-state index in [4.69, 9.17) is 4.42 Å². The minimum absolute atomic E-state index is 0.443. The SMILES string of the molecule is CCCCCCCCCc1ccc(C=O)o1. The van der Waals surface area contributed by atoms with E-state index < -0.39 is 0 Å². The van der Waals surface area contributed by atoms with E-state index in [0.717, 1.165) is 24.9 Å². The molecule has 0 radical (unpaired) electrons. The zero-order chi connectivity index (χ0) is 11.6. The number of hydrogen-bond donors (Lipinski definition) is 0. The highest BCUT2D eigenvalue weighted by molar-refractivity contribution is 5.70. The van der Waals surface area contributed by atoms with Crippen LogP contribution >= 0.6 is 0 Å². The van der Waals surface area contributed by atoms with Crippen LogP contribution in [0, 0.1) is 0 Å². The minimum atomic E-state index is 0.443. The molecule has 0 fully saturated rings. The maximum atomic E-state index is 10.4. The Morgan fingerprint density at radius 3 is 2.38 bits per heavy atom. The molecule has 90 valence electrons. The Balaban J connectivity index is 2.00. The van der Waals surface area contributed by atoms with E-state index in [1.807, 2.05) is 6.07 Å². The third kappa shape index (κ3) is 5.15. The van der Waals surface area contributed by atoms with Crippen molar-refractivity contribution in [1.29, 1.82) is 0 Å². The Morgan fingerprint density at radius 2 is 1.75 bits per heavy atom. The smallest absolute Gasteiger partial charge is 0.185 e. The predicted octanol–water partition coefficient (Wildman–Crippen LogP) is 4.39. The van der Waals surface area contributed by atoms with Crippen LogP contribution in [0.5, 0.6) is 0 Å². The van der Waals surface area contributed by atoms with E-state index in [9.17, 15) is 4.79 Å². The van der Waals surface area contributed by atoms with E-state index in [0.29, 0.717) is 5.76 Å². The molecule has 0 aliphatic heterocycles. The molecule has 0 aliphatic rings. The number of carbonyl (C=O) groups is 1. The van der Waals surface area contributed by atoms with Gasteiger partial charge in [-0.15, -0.1) is 0 Å². The average Bonchev–Trinajstić information content (AvgIpc) is 2.76. The summed E-state index contributed by atoms with van der Waals surface area (Å²) in [6.45, 7) is 2.24. The predicted molar refractivity (Wildman–Crippen MR) is 65.8 cm³/mol. The lowest BCUT2D eigenvalue weighted by molar-refractivity contribution is 0.109. The number of unbranched alkanes of at least 4 members (excludes halogenated alkanes) is 6. The first-order valence-corrected chi connectivity index (χ1v) is 6.40. The first-order chi connectivity index (χ1) is 7.86. The zero-order valence-electron chi connectivity index (χ0n) is 10.2. The molecule has 0 N–H and O–H groups in total. The molecule has 16 heavy (non-hydrogen) atoms. The molecule has 2 heteroatoms. The molecule has 0 aliphatic carbocycles. The Hall–Kier alpha value is -1.05. The molecule has 0 saturated carbocycles. The molecule has 1 aromatic heterocycles. The normalized spacial score (nSPS) is 10.6. The van der Waals surface area contributed by atoms with E-state index in [-0.39, 0.29) is 0 Å². The molecular formula is C14H22O2. The molecule has 0 aromatic carbocycles. The van der Waals surface area contributed by atoms with Crippen LogP contribution in [0.25, 0.3) is 0 Å². The molecule has 1 heterocycles. The Bertz CT molecular complexity index is 289. The van der Waals surface area contributed by atoms with Gasteiger partial charge in [0.05, 0.1) is 0 Å². The van der Waals surface area contributed by atoms with Crippen LogP contribution in [0.2, 0.25) is 0 Å². The number of carbonyl (C=O) groups excluding carboxylic acids is 1. The third-order valence-electron chi connectivity index (χ3n) is 2.83. The molecule has 0 saturated heterocycles. The first kappa shape index (κ1) is 13.0. The third-order valence-corrected chi connectivity index (χ3v) is 2.83. The van der Waals surface area contributed by atoms with Gasteiger partial charge in [-0.05, 0) is 18.6 Å². The lowest BCUT2D eigenvalue weighted by atomic mass is 10.1. The van der Waals surface area contributed by atoms with Crippen LogP contribution in [-0.4, -0.2) is 6.29 Å². The van der Waals surface area contributed by atoms with Crippen LogP contribution in [0.4, 0.5) is 0 Å². The zero-order valence-corrected chi connectivity index (χ0v) is 10.2. The Morgan fingerprint density at radius 1 is 1.06 bits per heavy atom. The van der Waals surface area contributed by atoms with Crippen LogP contribution in [0.1, 0.15) is 68.2 Å². The maximum absolute atomic E-state index is 10.4. The highest BCUT2D eigenvalue weighted by atomic mass is 16.3. The Kier molecular flexibility index (Phi) is 6.62. The molecular weight excluding hydrogens is 200 g/mol. The monoisotopic (exact) mass is 222 g/mol. The number of aldehydes is 1. The van der Waals surface area contributed by atoms with E-state index in [2.05, 4.69) is 6.92 Å². The van der Waals surface area contributed by atoms with Gasteiger partial charge in [0.15, 0.2) is 12.0 Å². The van der Waals surface area contributed by atoms with Crippen molar-refractivity contribution in [2.75, 3.05) is 0 Å². The average molecular weight is 222 g/mol. The topological polar surface area (TPSA) is 30.2 Å². The highest BCUT2D eigenvalue weighted by Crippen LogP contribution is 2.12. The number of furan rings is 1. The summed E-state index contributed by atoms with van der Waals surface area (Å²) >= 11 is 0. The van der Waals surface area contributed by atoms with Crippen molar-refractivity contribution in [3.05, 3.63) is 23.7 Å². The van der Waals surface area contributed by atoms with E-state index in [1.165, 1.54) is 38.5 Å². The fourth-order valence-electron chi connectivity index (χ4n) is 1.85. The van der Waals surface area contributed by atoms with Gasteiger partial charge in [0.25, 0.3) is 0 Å². The van der Waals surface area contributed by atoms with Crippen LogP contribution in [0.15, 0.2) is 16.5 Å². The fourth-order valence-corrected chi connectivity index (χ4v) is 1.85. The van der Waals surface area contributed by atoms with Gasteiger partial charge >= 0.3 is 0 Å². The summed E-state index contributed by atoms with van der Waals surface area (Å²) in [4.78, 5) is 10.4. The van der Waals surface area contributed by atoms with Crippen molar-refractivity contribution in [2.24, 2.45) is 0 Å². The quantitative estimate of drug-likeness (QED) is 0.458. The molecule has 1 aromatic rings. The summed E-state index contributed by atoms with van der Waals surface area (Å²) in [7, 11) is 0. The Labute approximate surface area is 98.0 Å². The van der Waals surface area contributed by atoms with Gasteiger partial charge in [0.1, 0.15) is 5.76 Å². The second-order valence-corrected chi connectivity index (χ2v) is 4.29. The van der Waals surface area contributed by atoms with Crippen molar-refractivity contribution in [3.8, 4) is 0 Å². The van der Waals surface area contributed by atoms with Crippen molar-refractivity contribution in [3.63, 3.8) is 0 Å². The molecule has 1 rings (SSSR count). The summed E-state index contributed by atoms with van der Waals surface area (Å²) in [6.07, 6.45) is 10.9. The molecule has 0 atom stereocenters. The van der Waals surface area contributed by atoms with Crippen molar-refractivity contribution >= 4 is 6.29 Å². The minimum Gasteiger partial charge on any atom is -0.458 e. The van der Waals surface area contributed by atoms with Gasteiger partial charge in [0, 0.05) is 6.42 Å². The van der Waals surface area contributed by atoms with Gasteiger partial charge < -0.3 is 4.42 Å². The lowest BCUT2D eigenvalue weighted by Gasteiger charge is -1.99. The number of rotatable bonds is 9. The highest BCUT2D eigenvalue weighted by Gasteiger charge is 2.00. The molecule has 0 amide bonds. The largest absolute Gasteiger partial charge is 0.458 e. The van der Waals surface area contributed by atoms with Crippen molar-refractivity contribution in [2.45, 2.75) is 58.3 Å². The van der Waals surface area contributed by atoms with Gasteiger partial charge in [-0.25, -0.2) is 0 Å². The summed E-state index contributed by atoms with van der Waals surface area (Å²) in [5, 5.41) is 0. The van der Waals surface area contributed by atoms with Gasteiger partial charge in [-0.3, -0.25) is 4.79 Å². The molecule has 0 spiro atoms. The van der Waals surface area contributed by atoms with Gasteiger partial charge in [-0.2, -0.15) is 0 Å². The number of aryl methyl sites for hydroxylation is 1. The first-order valence-electron chi connectivity index (χ1n) is 6.40. The molecule has 0 unspecified atom stereocenters. The standard InChI is InChI=1S/C14H22O2/c1-2-3-4-5-6-7-8-9-13-10-11-14(12-15)16-13/h10-12H,2-9H2,1H3. The van der Waals surface area contributed by atoms with Gasteiger partial charge in [-0.1, -0.05) is 45.4 Å². The fraction of sp³-hybridized carbons (Fsp3) is 0.643. The second kappa shape index (κ2) is 8.14. The van der Waals surface area contributed by atoms with Crippen LogP contribution < -0.4 is 0 Å².